The summed E-state index contributed by atoms with van der Waals surface area (Å²) in [7, 11) is 0. The lowest BCUT2D eigenvalue weighted by Crippen LogP contribution is -2.33. The third-order valence-corrected chi connectivity index (χ3v) is 7.45. The van der Waals surface area contributed by atoms with Gasteiger partial charge >= 0.3 is 6.18 Å². The van der Waals surface area contributed by atoms with E-state index in [9.17, 15) is 22.8 Å². The number of likely N-dealkylation sites (tertiary alicyclic amines) is 1. The molecule has 1 aliphatic heterocycles. The zero-order valence-electron chi connectivity index (χ0n) is 21.3. The van der Waals surface area contributed by atoms with Gasteiger partial charge < -0.3 is 10.6 Å². The lowest BCUT2D eigenvalue weighted by atomic mass is 10.0. The Bertz CT molecular complexity index is 1720. The van der Waals surface area contributed by atoms with Gasteiger partial charge in [-0.3, -0.25) is 19.0 Å². The highest BCUT2D eigenvalue weighted by Crippen LogP contribution is 2.53. The number of nitrogens with zero attached hydrogens (tertiary/aromatic N) is 5. The van der Waals surface area contributed by atoms with E-state index in [0.717, 1.165) is 31.2 Å². The molecule has 8 nitrogen and oxygen atoms in total. The summed E-state index contributed by atoms with van der Waals surface area (Å²) in [6.45, 7) is 1.63. The number of carbonyl (C=O) groups excluding carboxylic acids is 2. The maximum absolute atomic E-state index is 13.0. The molecule has 0 bridgehead atoms. The lowest BCUT2D eigenvalue weighted by Gasteiger charge is -2.24. The summed E-state index contributed by atoms with van der Waals surface area (Å²) in [5.41, 5.74) is 7.59. The number of Topliss-reactive ketones (excluding diaryl/α,β-unsaturated/α-hetero) is 1. The third-order valence-electron chi connectivity index (χ3n) is 7.45. The number of piperidine rings is 1. The Morgan fingerprint density at radius 2 is 1.88 bits per heavy atom. The van der Waals surface area contributed by atoms with Crippen molar-refractivity contribution in [3.8, 4) is 23.1 Å². The molecule has 2 aliphatic rings. The van der Waals surface area contributed by atoms with E-state index in [4.69, 9.17) is 10.7 Å². The Morgan fingerprint density at radius 1 is 1.10 bits per heavy atom. The van der Waals surface area contributed by atoms with Crippen molar-refractivity contribution in [3.05, 3.63) is 77.6 Å². The van der Waals surface area contributed by atoms with Gasteiger partial charge in [0.15, 0.2) is 5.78 Å². The molecule has 11 heteroatoms. The summed E-state index contributed by atoms with van der Waals surface area (Å²) in [5.74, 6) is 6.10. The maximum atomic E-state index is 13.0. The molecule has 4 heterocycles. The molecule has 3 aromatic heterocycles. The minimum atomic E-state index is -4.52. The van der Waals surface area contributed by atoms with Crippen molar-refractivity contribution in [1.29, 1.82) is 0 Å². The number of alkyl halides is 3. The fourth-order valence-corrected chi connectivity index (χ4v) is 5.51. The fourth-order valence-electron chi connectivity index (χ4n) is 5.51. The number of ketones is 1. The summed E-state index contributed by atoms with van der Waals surface area (Å²) in [6, 6.07) is 8.26. The summed E-state index contributed by atoms with van der Waals surface area (Å²) in [5, 5.41) is 0. The zero-order valence-corrected chi connectivity index (χ0v) is 21.3. The molecule has 1 saturated heterocycles. The standard InChI is InChI=1S/C29H23F3N6O2/c1-2-3-24(40)38-21-12-18(21)13-22(38)28-36-25(26-27(33)35-10-11-37(26)28)17-6-4-16(5-7-17)23(39)15-20-14-19(8-9-34-20)29(30,31)32/h4-11,14,18,21-22H,12-13,15H2,1H3,(H2,33,35). The van der Waals surface area contributed by atoms with Gasteiger partial charge in [-0.25, -0.2) is 9.97 Å². The molecule has 1 aromatic carbocycles. The number of hydrogen-bond donors (Lipinski definition) is 1. The van der Waals surface area contributed by atoms with E-state index < -0.39 is 11.7 Å². The molecular weight excluding hydrogens is 521 g/mol. The summed E-state index contributed by atoms with van der Waals surface area (Å²) >= 11 is 0. The van der Waals surface area contributed by atoms with Crippen LogP contribution in [0.3, 0.4) is 0 Å². The molecule has 0 radical (unpaired) electrons. The van der Waals surface area contributed by atoms with Gasteiger partial charge in [-0.2, -0.15) is 13.2 Å². The van der Waals surface area contributed by atoms with E-state index in [1.807, 2.05) is 9.30 Å². The predicted molar refractivity (Wildman–Crippen MR) is 140 cm³/mol. The Kier molecular flexibility index (Phi) is 6.06. The average molecular weight is 545 g/mol. The van der Waals surface area contributed by atoms with Crippen LogP contribution in [0.2, 0.25) is 0 Å². The van der Waals surface area contributed by atoms with Crippen molar-refractivity contribution < 1.29 is 22.8 Å². The van der Waals surface area contributed by atoms with E-state index >= 15 is 0 Å². The van der Waals surface area contributed by atoms with E-state index in [1.54, 1.807) is 43.6 Å². The smallest absolute Gasteiger partial charge is 0.382 e. The average Bonchev–Trinajstić information content (AvgIpc) is 3.41. The van der Waals surface area contributed by atoms with E-state index in [-0.39, 0.29) is 41.7 Å². The number of amides is 1. The summed E-state index contributed by atoms with van der Waals surface area (Å²) in [4.78, 5) is 40.6. The number of halogens is 3. The van der Waals surface area contributed by atoms with Crippen LogP contribution in [0.25, 0.3) is 16.8 Å². The molecule has 1 saturated carbocycles. The van der Waals surface area contributed by atoms with Crippen LogP contribution in [0, 0.1) is 17.8 Å². The predicted octanol–water partition coefficient (Wildman–Crippen LogP) is 4.50. The molecule has 0 spiro atoms. The SMILES string of the molecule is CC#CC(=O)N1C(c2nc(-c3ccc(C(=O)Cc4cc(C(F)(F)F)ccn4)cc3)c3c(N)nccn23)CC2CC21. The number of anilines is 1. The van der Waals surface area contributed by atoms with Crippen LogP contribution < -0.4 is 5.73 Å². The highest BCUT2D eigenvalue weighted by atomic mass is 19.4. The minimum Gasteiger partial charge on any atom is -0.382 e. The van der Waals surface area contributed by atoms with Crippen molar-refractivity contribution in [2.75, 3.05) is 5.73 Å². The molecule has 4 aromatic rings. The Labute approximate surface area is 227 Å². The van der Waals surface area contributed by atoms with Crippen molar-refractivity contribution in [2.24, 2.45) is 5.92 Å². The van der Waals surface area contributed by atoms with E-state index in [1.165, 1.54) is 0 Å². The molecule has 40 heavy (non-hydrogen) atoms. The van der Waals surface area contributed by atoms with E-state index in [2.05, 4.69) is 21.8 Å². The molecular formula is C29H23F3N6O2. The molecule has 3 unspecified atom stereocenters. The highest BCUT2D eigenvalue weighted by Gasteiger charge is 2.55. The van der Waals surface area contributed by atoms with Crippen molar-refractivity contribution >= 4 is 23.0 Å². The summed E-state index contributed by atoms with van der Waals surface area (Å²) < 4.78 is 40.9. The first-order chi connectivity index (χ1) is 19.2. The van der Waals surface area contributed by atoms with E-state index in [0.29, 0.717) is 34.1 Å². The molecule has 3 atom stereocenters. The van der Waals surface area contributed by atoms with Crippen LogP contribution in [0.15, 0.2) is 55.0 Å². The van der Waals surface area contributed by atoms with Gasteiger partial charge in [0.05, 0.1) is 18.0 Å². The van der Waals surface area contributed by atoms with Crippen LogP contribution in [-0.2, 0) is 17.4 Å². The van der Waals surface area contributed by atoms with Crippen LogP contribution in [-0.4, -0.2) is 42.0 Å². The molecule has 1 amide bonds. The maximum Gasteiger partial charge on any atom is 0.416 e. The normalized spacial score (nSPS) is 19.7. The number of hydrogen-bond acceptors (Lipinski definition) is 6. The molecule has 2 N–H and O–H groups in total. The highest BCUT2D eigenvalue weighted by molar-refractivity contribution is 5.98. The number of rotatable bonds is 5. The monoisotopic (exact) mass is 544 g/mol. The molecule has 6 rings (SSSR count). The van der Waals surface area contributed by atoms with Crippen molar-refractivity contribution in [2.45, 2.75) is 44.4 Å². The quantitative estimate of drug-likeness (QED) is 0.293. The Hall–Kier alpha value is -4.72. The number of nitrogen functional groups attached to an aromatic ring is 1. The van der Waals surface area contributed by atoms with Crippen LogP contribution in [0.1, 0.15) is 53.2 Å². The third kappa shape index (κ3) is 4.45. The first-order valence-electron chi connectivity index (χ1n) is 12.7. The first-order valence-corrected chi connectivity index (χ1v) is 12.7. The molecule has 2 fully saturated rings. The van der Waals surface area contributed by atoms with Crippen molar-refractivity contribution in [3.63, 3.8) is 0 Å². The second-order valence-electron chi connectivity index (χ2n) is 9.96. The van der Waals surface area contributed by atoms with Gasteiger partial charge in [0.1, 0.15) is 22.9 Å². The Balaban J connectivity index is 1.31. The minimum absolute atomic E-state index is 0.0361. The zero-order chi connectivity index (χ0) is 28.2. The first kappa shape index (κ1) is 25.6. The van der Waals surface area contributed by atoms with Crippen molar-refractivity contribution in [1.82, 2.24) is 24.3 Å². The van der Waals surface area contributed by atoms with Gasteiger partial charge in [-0.15, -0.1) is 0 Å². The number of carbonyl (C=O) groups is 2. The Morgan fingerprint density at radius 3 is 2.60 bits per heavy atom. The van der Waals surface area contributed by atoms with Gasteiger partial charge in [-0.1, -0.05) is 30.2 Å². The van der Waals surface area contributed by atoms with Gasteiger partial charge in [-0.05, 0) is 43.7 Å². The van der Waals surface area contributed by atoms with Crippen LogP contribution in [0.5, 0.6) is 0 Å². The topological polar surface area (TPSA) is 106 Å². The number of benzene rings is 1. The van der Waals surface area contributed by atoms with Crippen LogP contribution in [0.4, 0.5) is 19.0 Å². The van der Waals surface area contributed by atoms with Crippen LogP contribution >= 0.6 is 0 Å². The second kappa shape index (κ2) is 9.48. The molecule has 202 valence electrons. The lowest BCUT2D eigenvalue weighted by molar-refractivity contribution is -0.137. The van der Waals surface area contributed by atoms with Gasteiger partial charge in [0, 0.05) is 41.5 Å². The number of nitrogens with two attached hydrogens (primary N) is 1. The second-order valence-corrected chi connectivity index (χ2v) is 9.96. The number of fused-ring (bicyclic) bond motifs is 2. The largest absolute Gasteiger partial charge is 0.416 e. The molecule has 1 aliphatic carbocycles. The number of imidazole rings is 1. The van der Waals surface area contributed by atoms with Gasteiger partial charge in [0.2, 0.25) is 0 Å². The van der Waals surface area contributed by atoms with Gasteiger partial charge in [0.25, 0.3) is 5.91 Å². The number of pyridine rings is 1. The fraction of sp³-hybridized carbons (Fsp3) is 0.276. The summed E-state index contributed by atoms with van der Waals surface area (Å²) in [6.07, 6.45) is 1.33. The number of aromatic nitrogens is 4.